The molecule has 0 unspecified atom stereocenters. The summed E-state index contributed by atoms with van der Waals surface area (Å²) in [6.07, 6.45) is 2.12. The molecule has 1 aliphatic rings. The summed E-state index contributed by atoms with van der Waals surface area (Å²) in [4.78, 5) is 14.6. The molecule has 0 spiro atoms. The lowest BCUT2D eigenvalue weighted by molar-refractivity contribution is 0.0683. The molecule has 0 bridgehead atoms. The number of carbonyl (C=O) groups is 1. The van der Waals surface area contributed by atoms with Crippen molar-refractivity contribution in [2.24, 2.45) is 5.92 Å². The van der Waals surface area contributed by atoms with E-state index in [1.54, 1.807) is 12.1 Å². The molecule has 2 aromatic rings. The van der Waals surface area contributed by atoms with Gasteiger partial charge in [0.05, 0.1) is 4.90 Å². The Morgan fingerprint density at radius 1 is 1.15 bits per heavy atom. The van der Waals surface area contributed by atoms with Crippen LogP contribution in [-0.2, 0) is 16.6 Å². The Balaban J connectivity index is 1.74. The minimum atomic E-state index is -3.68. The fraction of sp³-hybridized carbons (Fsp3) is 0.350. The largest absolute Gasteiger partial charge is 0.338 e. The maximum Gasteiger partial charge on any atom is 0.253 e. The van der Waals surface area contributed by atoms with Crippen molar-refractivity contribution in [1.29, 1.82) is 0 Å². The normalized spacial score (nSPS) is 17.9. The number of hydrogen-bond acceptors (Lipinski definition) is 3. The zero-order chi connectivity index (χ0) is 18.6. The summed E-state index contributed by atoms with van der Waals surface area (Å²) in [7, 11) is -3.68. The fourth-order valence-electron chi connectivity index (χ4n) is 3.21. The molecular weight excluding hydrogens is 348 g/mol. The second-order valence-corrected chi connectivity index (χ2v) is 8.60. The Kier molecular flexibility index (Phi) is 5.74. The van der Waals surface area contributed by atoms with Crippen molar-refractivity contribution < 1.29 is 13.2 Å². The number of carbonyl (C=O) groups excluding carboxylic acids is 1. The lowest BCUT2D eigenvalue weighted by atomic mass is 9.99. The van der Waals surface area contributed by atoms with E-state index in [0.29, 0.717) is 11.5 Å². The van der Waals surface area contributed by atoms with Crippen LogP contribution in [0, 0.1) is 5.92 Å². The maximum atomic E-state index is 12.7. The van der Waals surface area contributed by atoms with Crippen molar-refractivity contribution in [2.75, 3.05) is 13.1 Å². The Hall–Kier alpha value is -2.18. The van der Waals surface area contributed by atoms with Crippen LogP contribution >= 0.6 is 0 Å². The molecule has 0 aromatic heterocycles. The molecule has 26 heavy (non-hydrogen) atoms. The van der Waals surface area contributed by atoms with E-state index in [4.69, 9.17) is 0 Å². The topological polar surface area (TPSA) is 66.5 Å². The third-order valence-corrected chi connectivity index (χ3v) is 6.04. The van der Waals surface area contributed by atoms with Gasteiger partial charge < -0.3 is 4.90 Å². The highest BCUT2D eigenvalue weighted by atomic mass is 32.2. The molecule has 1 saturated heterocycles. The number of benzene rings is 2. The number of rotatable bonds is 5. The molecule has 2 aromatic carbocycles. The third-order valence-electron chi connectivity index (χ3n) is 4.64. The highest BCUT2D eigenvalue weighted by molar-refractivity contribution is 7.89. The van der Waals surface area contributed by atoms with Gasteiger partial charge in [0.15, 0.2) is 0 Å². The average molecular weight is 372 g/mol. The Morgan fingerprint density at radius 2 is 1.92 bits per heavy atom. The second-order valence-electron chi connectivity index (χ2n) is 6.84. The van der Waals surface area contributed by atoms with Crippen molar-refractivity contribution in [1.82, 2.24) is 9.62 Å². The number of nitrogens with one attached hydrogen (secondary N) is 1. The molecule has 0 radical (unpaired) electrons. The first-order chi connectivity index (χ1) is 12.5. The van der Waals surface area contributed by atoms with Crippen LogP contribution in [0.2, 0.25) is 0 Å². The van der Waals surface area contributed by atoms with Gasteiger partial charge in [-0.05, 0) is 42.5 Å². The van der Waals surface area contributed by atoms with Crippen molar-refractivity contribution in [2.45, 2.75) is 31.2 Å². The van der Waals surface area contributed by atoms with Crippen molar-refractivity contribution in [3.8, 4) is 0 Å². The first kappa shape index (κ1) is 18.6. The Bertz CT molecular complexity index is 866. The molecule has 0 aliphatic carbocycles. The van der Waals surface area contributed by atoms with Gasteiger partial charge in [-0.1, -0.05) is 43.3 Å². The van der Waals surface area contributed by atoms with E-state index >= 15 is 0 Å². The van der Waals surface area contributed by atoms with E-state index in [1.165, 1.54) is 12.1 Å². The highest BCUT2D eigenvalue weighted by Crippen LogP contribution is 2.19. The third kappa shape index (κ3) is 4.51. The van der Waals surface area contributed by atoms with Crippen LogP contribution in [0.4, 0.5) is 0 Å². The average Bonchev–Trinajstić information content (AvgIpc) is 2.67. The predicted octanol–water partition coefficient (Wildman–Crippen LogP) is 3.04. The summed E-state index contributed by atoms with van der Waals surface area (Å²) < 4.78 is 27.7. The van der Waals surface area contributed by atoms with Gasteiger partial charge in [-0.2, -0.15) is 0 Å². The van der Waals surface area contributed by atoms with Crippen LogP contribution in [0.25, 0.3) is 0 Å². The summed E-state index contributed by atoms with van der Waals surface area (Å²) in [5.41, 5.74) is 1.30. The van der Waals surface area contributed by atoms with E-state index in [0.717, 1.165) is 31.5 Å². The summed E-state index contributed by atoms with van der Waals surface area (Å²) in [5, 5.41) is 0. The van der Waals surface area contributed by atoms with Crippen molar-refractivity contribution in [3.63, 3.8) is 0 Å². The molecule has 1 aliphatic heterocycles. The van der Waals surface area contributed by atoms with Gasteiger partial charge in [0.25, 0.3) is 5.91 Å². The molecule has 138 valence electrons. The lowest BCUT2D eigenvalue weighted by Gasteiger charge is -2.31. The molecule has 1 atom stereocenters. The van der Waals surface area contributed by atoms with E-state index in [2.05, 4.69) is 11.6 Å². The summed E-state index contributed by atoms with van der Waals surface area (Å²) in [6.45, 7) is 3.80. The lowest BCUT2D eigenvalue weighted by Crippen LogP contribution is -2.39. The Labute approximate surface area is 155 Å². The minimum absolute atomic E-state index is 0.100. The van der Waals surface area contributed by atoms with Gasteiger partial charge >= 0.3 is 0 Å². The number of amides is 1. The molecular formula is C20H24N2O3S. The van der Waals surface area contributed by atoms with Gasteiger partial charge in [-0.3, -0.25) is 4.79 Å². The SMILES string of the molecule is C[C@H]1CCCN(C(=O)c2cccc(S(=O)(=O)NCc3ccccc3)c2)C1. The second kappa shape index (κ2) is 8.01. The molecule has 1 fully saturated rings. The molecule has 3 rings (SSSR count). The minimum Gasteiger partial charge on any atom is -0.338 e. The van der Waals surface area contributed by atoms with Crippen LogP contribution in [0.3, 0.4) is 0 Å². The molecule has 1 N–H and O–H groups in total. The van der Waals surface area contributed by atoms with E-state index in [9.17, 15) is 13.2 Å². The zero-order valence-electron chi connectivity index (χ0n) is 14.9. The quantitative estimate of drug-likeness (QED) is 0.877. The van der Waals surface area contributed by atoms with Crippen molar-refractivity contribution >= 4 is 15.9 Å². The molecule has 1 amide bonds. The standard InChI is InChI=1S/C20H24N2O3S/c1-16-7-6-12-22(15-16)20(23)18-10-5-11-19(13-18)26(24,25)21-14-17-8-3-2-4-9-17/h2-5,8-11,13,16,21H,6-7,12,14-15H2,1H3/t16-/m0/s1. The summed E-state index contributed by atoms with van der Waals surface area (Å²) >= 11 is 0. The summed E-state index contributed by atoms with van der Waals surface area (Å²) in [6, 6.07) is 15.6. The van der Waals surface area contributed by atoms with Gasteiger partial charge in [0.2, 0.25) is 10.0 Å². The molecule has 0 saturated carbocycles. The zero-order valence-corrected chi connectivity index (χ0v) is 15.7. The van der Waals surface area contributed by atoms with Gasteiger partial charge in [-0.15, -0.1) is 0 Å². The first-order valence-electron chi connectivity index (χ1n) is 8.88. The van der Waals surface area contributed by atoms with Gasteiger partial charge in [0, 0.05) is 25.2 Å². The highest BCUT2D eigenvalue weighted by Gasteiger charge is 2.23. The van der Waals surface area contributed by atoms with Gasteiger partial charge in [0.1, 0.15) is 0 Å². The van der Waals surface area contributed by atoms with Crippen LogP contribution in [0.1, 0.15) is 35.7 Å². The molecule has 1 heterocycles. The predicted molar refractivity (Wildman–Crippen MR) is 101 cm³/mol. The van der Waals surface area contributed by atoms with Crippen LogP contribution in [-0.4, -0.2) is 32.3 Å². The van der Waals surface area contributed by atoms with Crippen molar-refractivity contribution in [3.05, 3.63) is 65.7 Å². The molecule has 6 heteroatoms. The van der Waals surface area contributed by atoms with Crippen LogP contribution in [0.15, 0.2) is 59.5 Å². The smallest absolute Gasteiger partial charge is 0.253 e. The molecule has 5 nitrogen and oxygen atoms in total. The number of likely N-dealkylation sites (tertiary alicyclic amines) is 1. The number of hydrogen-bond donors (Lipinski definition) is 1. The Morgan fingerprint density at radius 3 is 2.65 bits per heavy atom. The van der Waals surface area contributed by atoms with Crippen LogP contribution in [0.5, 0.6) is 0 Å². The van der Waals surface area contributed by atoms with Gasteiger partial charge in [-0.25, -0.2) is 13.1 Å². The van der Waals surface area contributed by atoms with Crippen LogP contribution < -0.4 is 4.72 Å². The number of piperidine rings is 1. The van der Waals surface area contributed by atoms with E-state index in [1.807, 2.05) is 35.2 Å². The summed E-state index contributed by atoms with van der Waals surface area (Å²) in [5.74, 6) is 0.379. The fourth-order valence-corrected chi connectivity index (χ4v) is 4.27. The monoisotopic (exact) mass is 372 g/mol. The maximum absolute atomic E-state index is 12.7. The number of nitrogens with zero attached hydrogens (tertiary/aromatic N) is 1. The van der Waals surface area contributed by atoms with E-state index in [-0.39, 0.29) is 17.3 Å². The number of sulfonamides is 1. The first-order valence-corrected chi connectivity index (χ1v) is 10.4. The van der Waals surface area contributed by atoms with E-state index < -0.39 is 10.0 Å².